The van der Waals surface area contributed by atoms with Gasteiger partial charge in [0.2, 0.25) is 0 Å². The van der Waals surface area contributed by atoms with E-state index < -0.39 is 8.85 Å². The molecule has 0 spiro atoms. The first kappa shape index (κ1) is 55.4. The molecule has 0 amide bonds. The fourth-order valence-electron chi connectivity index (χ4n) is 3.21. The minimum Gasteiger partial charge on any atom is -1.00 e. The summed E-state index contributed by atoms with van der Waals surface area (Å²) in [5, 5.41) is 9.58. The molecule has 1 heterocycles. The molecule has 0 aromatic heterocycles. The van der Waals surface area contributed by atoms with Crippen molar-refractivity contribution in [1.29, 1.82) is 0 Å². The van der Waals surface area contributed by atoms with Crippen molar-refractivity contribution >= 4 is 86.8 Å². The van der Waals surface area contributed by atoms with Gasteiger partial charge in [0, 0.05) is 18.8 Å². The number of aliphatic hydroxyl groups is 1. The molecule has 3 aromatic carbocycles. The average molecular weight is 814 g/mol. The maximum atomic E-state index is 10.8. The number of carbonyl (C=O) groups is 1. The fourth-order valence-corrected chi connectivity index (χ4v) is 3.34. The molecule has 1 fully saturated rings. The van der Waals surface area contributed by atoms with Gasteiger partial charge in [0.1, 0.15) is 0 Å². The number of carbonyl (C=O) groups excluding carboxylic acids is 1. The Morgan fingerprint density at radius 3 is 1.17 bits per heavy atom. The Bertz CT molecular complexity index is 1080. The Hall–Kier alpha value is -0.0538. The van der Waals surface area contributed by atoms with Gasteiger partial charge in [-0.3, -0.25) is 4.79 Å². The van der Waals surface area contributed by atoms with Crippen LogP contribution in [0.25, 0.3) is 0 Å². The number of benzene rings is 3. The normalized spacial score (nSPS) is 11.5. The molecular formula is C36H52BrCl5MgO3. The number of alkyl halides is 5. The molecule has 1 aliphatic heterocycles. The van der Waals surface area contributed by atoms with Crippen LogP contribution in [0.2, 0.25) is 0 Å². The van der Waals surface area contributed by atoms with Crippen LogP contribution in [0.3, 0.4) is 0 Å². The summed E-state index contributed by atoms with van der Waals surface area (Å²) in [5.74, 6) is 0.125. The summed E-state index contributed by atoms with van der Waals surface area (Å²) in [6.07, 6.45) is 2.56. The number of aryl methyl sites for hydroxylation is 3. The first-order valence-corrected chi connectivity index (χ1v) is 15.6. The van der Waals surface area contributed by atoms with Gasteiger partial charge in [0.05, 0.1) is 10.5 Å². The van der Waals surface area contributed by atoms with Crippen LogP contribution in [0.4, 0.5) is 0 Å². The Labute approximate surface area is 332 Å². The smallest absolute Gasteiger partial charge is 1.00 e. The molecule has 258 valence electrons. The molecular weight excluding hydrogens is 762 g/mol. The summed E-state index contributed by atoms with van der Waals surface area (Å²) >= 11 is 25.4. The van der Waals surface area contributed by atoms with Gasteiger partial charge in [-0.05, 0) is 79.4 Å². The summed E-state index contributed by atoms with van der Waals surface area (Å²) in [5.41, 5.74) is 5.88. The summed E-state index contributed by atoms with van der Waals surface area (Å²) in [4.78, 5) is 10.5. The quantitative estimate of drug-likeness (QED) is 0.124. The first-order valence-electron chi connectivity index (χ1n) is 13.7. The van der Waals surface area contributed by atoms with E-state index in [2.05, 4.69) is 31.2 Å². The van der Waals surface area contributed by atoms with Crippen LogP contribution in [-0.4, -0.2) is 50.4 Å². The third-order valence-corrected chi connectivity index (χ3v) is 6.00. The molecule has 4 rings (SSSR count). The van der Waals surface area contributed by atoms with Gasteiger partial charge in [-0.25, -0.2) is 0 Å². The molecule has 46 heavy (non-hydrogen) atoms. The fraction of sp³-hybridized carbons (Fsp3) is 0.444. The minimum atomic E-state index is -1.61. The number of ether oxygens (including phenoxy) is 1. The third kappa shape index (κ3) is 31.2. The predicted molar refractivity (Wildman–Crippen MR) is 203 cm³/mol. The Morgan fingerprint density at radius 2 is 0.957 bits per heavy atom. The molecule has 10 heteroatoms. The number of ketones is 1. The molecule has 0 aliphatic carbocycles. The van der Waals surface area contributed by atoms with Crippen LogP contribution < -0.4 is 17.0 Å². The van der Waals surface area contributed by atoms with E-state index in [4.69, 9.17) is 62.7 Å². The van der Waals surface area contributed by atoms with Gasteiger partial charge >= 0.3 is 23.1 Å². The minimum absolute atomic E-state index is 0. The molecule has 0 bridgehead atoms. The van der Waals surface area contributed by atoms with Crippen LogP contribution in [-0.2, 0) is 15.2 Å². The zero-order chi connectivity index (χ0) is 32.6. The Balaban J connectivity index is -0.000000154. The van der Waals surface area contributed by atoms with Crippen molar-refractivity contribution in [3.63, 3.8) is 0 Å². The zero-order valence-electron chi connectivity index (χ0n) is 28.0. The van der Waals surface area contributed by atoms with Gasteiger partial charge in [0.15, 0.2) is 5.78 Å². The summed E-state index contributed by atoms with van der Waals surface area (Å²) in [7, 11) is 0. The van der Waals surface area contributed by atoms with Gasteiger partial charge in [-0.1, -0.05) is 143 Å². The number of hydrogen-bond donors (Lipinski definition) is 1. The monoisotopic (exact) mass is 810 g/mol. The van der Waals surface area contributed by atoms with Crippen molar-refractivity contribution in [2.45, 2.75) is 89.4 Å². The van der Waals surface area contributed by atoms with Crippen molar-refractivity contribution in [3.05, 3.63) is 114 Å². The number of halogens is 6. The molecule has 0 atom stereocenters. The molecule has 0 unspecified atom stereocenters. The number of hydrogen-bond acceptors (Lipinski definition) is 3. The molecule has 3 nitrogen and oxygen atoms in total. The van der Waals surface area contributed by atoms with Gasteiger partial charge in [-0.2, -0.15) is 0 Å². The largest absolute Gasteiger partial charge is 2.00 e. The summed E-state index contributed by atoms with van der Waals surface area (Å²) in [6, 6.07) is 23.8. The van der Waals surface area contributed by atoms with E-state index in [-0.39, 0.29) is 65.5 Å². The van der Waals surface area contributed by atoms with E-state index in [0.29, 0.717) is 0 Å². The Morgan fingerprint density at radius 1 is 0.674 bits per heavy atom. The third-order valence-electron chi connectivity index (χ3n) is 5.78. The van der Waals surface area contributed by atoms with Crippen molar-refractivity contribution in [2.24, 2.45) is 0 Å². The summed E-state index contributed by atoms with van der Waals surface area (Å²) < 4.78 is 3.33. The van der Waals surface area contributed by atoms with Gasteiger partial charge in [-0.15, -0.1) is 11.6 Å². The maximum absolute atomic E-state index is 10.8. The predicted octanol–water partition coefficient (Wildman–Crippen LogP) is 8.95. The second kappa shape index (κ2) is 27.7. The maximum Gasteiger partial charge on any atom is 2.00 e. The molecule has 1 saturated heterocycles. The number of rotatable bonds is 3. The standard InChI is InChI=1S/C10H13Cl.C10H14O.C9H10O.C4H8O.CCl4.CH4.CH3.BrH.Mg/c2*1-8-4-6-9(7-5-8)10(2,3)11;1-7-3-5-9(6-4-7)8(2)10;1-2-4-5-3-1;2-1(3,4)5;;;;/h4-7H,1-3H3;4-7,11H,1-3H3;3-6H,1-2H3;1-4H2;;1H4;1H3;1H;/q;;;;;;-1;;+2/p-1. The number of Topliss-reactive ketones (excluding diaryl/α,β-unsaturated/α-hetero) is 1. The Kier molecular flexibility index (Phi) is 33.4. The van der Waals surface area contributed by atoms with Crippen LogP contribution in [0.1, 0.15) is 93.1 Å². The molecule has 3 aromatic rings. The van der Waals surface area contributed by atoms with E-state index >= 15 is 0 Å². The van der Waals surface area contributed by atoms with E-state index in [1.807, 2.05) is 76.2 Å². The summed E-state index contributed by atoms with van der Waals surface area (Å²) in [6.45, 7) is 17.3. The molecule has 1 N–H and O–H groups in total. The van der Waals surface area contributed by atoms with Crippen molar-refractivity contribution < 1.29 is 31.6 Å². The zero-order valence-corrected chi connectivity index (χ0v) is 34.8. The SMILES string of the molecule is C.C1CCOC1.CC(=O)c1ccc(C)cc1.Cc1ccc(C(C)(C)Cl)cc1.Cc1ccc(C(C)(C)O)cc1.ClC(Cl)(Cl)Cl.[Br-].[CH3-].[Mg+2]. The second-order valence-electron chi connectivity index (χ2n) is 10.9. The first-order chi connectivity index (χ1) is 19.2. The molecule has 0 saturated carbocycles. The van der Waals surface area contributed by atoms with Crippen LogP contribution in [0, 0.1) is 28.2 Å². The van der Waals surface area contributed by atoms with E-state index in [0.717, 1.165) is 24.3 Å². The van der Waals surface area contributed by atoms with Crippen molar-refractivity contribution in [1.82, 2.24) is 0 Å². The van der Waals surface area contributed by atoms with Gasteiger partial charge in [0.25, 0.3) is 3.25 Å². The molecule has 1 aliphatic rings. The van der Waals surface area contributed by atoms with Crippen molar-refractivity contribution in [2.75, 3.05) is 13.2 Å². The van der Waals surface area contributed by atoms with Gasteiger partial charge < -0.3 is 34.3 Å². The topological polar surface area (TPSA) is 46.5 Å². The average Bonchev–Trinajstić information content (AvgIpc) is 3.44. The second-order valence-corrected chi connectivity index (χ2v) is 15.3. The van der Waals surface area contributed by atoms with Crippen LogP contribution >= 0.6 is 58.0 Å². The van der Waals surface area contributed by atoms with E-state index in [1.165, 1.54) is 35.1 Å². The van der Waals surface area contributed by atoms with Crippen LogP contribution in [0.15, 0.2) is 72.8 Å². The van der Waals surface area contributed by atoms with E-state index in [1.54, 1.807) is 20.8 Å². The molecule has 0 radical (unpaired) electrons. The van der Waals surface area contributed by atoms with E-state index in [9.17, 15) is 9.90 Å². The van der Waals surface area contributed by atoms with Crippen LogP contribution in [0.5, 0.6) is 0 Å². The van der Waals surface area contributed by atoms with Crippen molar-refractivity contribution in [3.8, 4) is 0 Å².